The van der Waals surface area contributed by atoms with Crippen LogP contribution in [0.15, 0.2) is 36.8 Å². The summed E-state index contributed by atoms with van der Waals surface area (Å²) in [7, 11) is 3.32. The van der Waals surface area contributed by atoms with E-state index < -0.39 is 0 Å². The molecule has 7 heteroatoms. The van der Waals surface area contributed by atoms with E-state index in [0.717, 1.165) is 0 Å². The Bertz CT molecular complexity index is 677. The highest BCUT2D eigenvalue weighted by atomic mass is 16.5. The predicted octanol–water partition coefficient (Wildman–Crippen LogP) is 2.23. The number of anilines is 1. The van der Waals surface area contributed by atoms with Gasteiger partial charge in [-0.2, -0.15) is 5.26 Å². The Kier molecular flexibility index (Phi) is 4.31. The normalized spacial score (nSPS) is 9.57. The Morgan fingerprint density at radius 3 is 2.67 bits per heavy atom. The molecule has 1 aromatic carbocycles. The number of aromatic nitrogens is 2. The van der Waals surface area contributed by atoms with Crippen molar-refractivity contribution in [3.63, 3.8) is 0 Å². The third kappa shape index (κ3) is 3.67. The van der Waals surface area contributed by atoms with E-state index in [-0.39, 0.29) is 17.5 Å². The first kappa shape index (κ1) is 14.3. The zero-order valence-corrected chi connectivity index (χ0v) is 11.6. The number of hydrogen-bond donors (Lipinski definition) is 1. The zero-order valence-electron chi connectivity index (χ0n) is 11.6. The number of nitrogens with zero attached hydrogens (tertiary/aromatic N) is 4. The minimum atomic E-state index is -0.216. The highest BCUT2D eigenvalue weighted by Gasteiger charge is 2.07. The van der Waals surface area contributed by atoms with Gasteiger partial charge in [-0.1, -0.05) is 0 Å². The first-order valence-electron chi connectivity index (χ1n) is 6.06. The first-order chi connectivity index (χ1) is 10.1. The monoisotopic (exact) mass is 283 g/mol. The average molecular weight is 283 g/mol. The molecule has 1 N–H and O–H groups in total. The minimum Gasteiger partial charge on any atom is -0.453 e. The van der Waals surface area contributed by atoms with E-state index in [9.17, 15) is 4.79 Å². The molecule has 7 nitrogen and oxygen atoms in total. The molecule has 0 fully saturated rings. The van der Waals surface area contributed by atoms with E-state index in [1.807, 2.05) is 6.07 Å². The van der Waals surface area contributed by atoms with Gasteiger partial charge in [-0.3, -0.25) is 0 Å². The van der Waals surface area contributed by atoms with E-state index in [1.54, 1.807) is 38.4 Å². The lowest BCUT2D eigenvalue weighted by molar-refractivity contribution is 0.230. The third-order valence-corrected chi connectivity index (χ3v) is 2.52. The van der Waals surface area contributed by atoms with E-state index >= 15 is 0 Å². The largest absolute Gasteiger partial charge is 0.453 e. The van der Waals surface area contributed by atoms with Crippen LogP contribution >= 0.6 is 0 Å². The van der Waals surface area contributed by atoms with Gasteiger partial charge in [-0.15, -0.1) is 0 Å². The second-order valence-electron chi connectivity index (χ2n) is 4.30. The van der Waals surface area contributed by atoms with E-state index in [2.05, 4.69) is 15.3 Å². The smallest absolute Gasteiger partial charge is 0.321 e. The maximum atomic E-state index is 11.5. The topological polar surface area (TPSA) is 91.1 Å². The lowest BCUT2D eigenvalue weighted by Crippen LogP contribution is -2.27. The average Bonchev–Trinajstić information content (AvgIpc) is 2.49. The van der Waals surface area contributed by atoms with Gasteiger partial charge in [0.2, 0.25) is 0 Å². The molecular weight excluding hydrogens is 270 g/mol. The van der Waals surface area contributed by atoms with Gasteiger partial charge in [0.1, 0.15) is 18.1 Å². The summed E-state index contributed by atoms with van der Waals surface area (Å²) in [4.78, 5) is 20.6. The highest BCUT2D eigenvalue weighted by Crippen LogP contribution is 2.24. The fourth-order valence-electron chi connectivity index (χ4n) is 1.44. The summed E-state index contributed by atoms with van der Waals surface area (Å²) in [5, 5.41) is 11.6. The maximum Gasteiger partial charge on any atom is 0.321 e. The number of hydrogen-bond acceptors (Lipinski definition) is 5. The van der Waals surface area contributed by atoms with Crippen LogP contribution in [0.3, 0.4) is 0 Å². The van der Waals surface area contributed by atoms with Gasteiger partial charge in [0, 0.05) is 19.8 Å². The number of amides is 2. The van der Waals surface area contributed by atoms with Crippen LogP contribution in [-0.2, 0) is 0 Å². The molecule has 2 amide bonds. The molecule has 0 bridgehead atoms. The van der Waals surface area contributed by atoms with Gasteiger partial charge in [-0.25, -0.2) is 14.8 Å². The van der Waals surface area contributed by atoms with Crippen molar-refractivity contribution in [2.24, 2.45) is 0 Å². The number of rotatable bonds is 3. The van der Waals surface area contributed by atoms with Crippen molar-refractivity contribution in [2.45, 2.75) is 0 Å². The lowest BCUT2D eigenvalue weighted by atomic mass is 10.3. The number of nitrogens with one attached hydrogen (secondary N) is 1. The molecule has 1 heterocycles. The van der Waals surface area contributed by atoms with Gasteiger partial charge in [0.15, 0.2) is 11.4 Å². The minimum absolute atomic E-state index is 0.162. The van der Waals surface area contributed by atoms with Crippen LogP contribution in [0, 0.1) is 11.3 Å². The summed E-state index contributed by atoms with van der Waals surface area (Å²) in [5.74, 6) is 0.800. The number of urea groups is 1. The van der Waals surface area contributed by atoms with Crippen LogP contribution in [0.2, 0.25) is 0 Å². The molecule has 0 radical (unpaired) electrons. The van der Waals surface area contributed by atoms with Gasteiger partial charge < -0.3 is 15.0 Å². The molecule has 21 heavy (non-hydrogen) atoms. The predicted molar refractivity (Wildman–Crippen MR) is 76.0 cm³/mol. The summed E-state index contributed by atoms with van der Waals surface area (Å²) in [5.41, 5.74) is 0.806. The summed E-state index contributed by atoms with van der Waals surface area (Å²) in [6.45, 7) is 0. The Morgan fingerprint density at radius 2 is 2.05 bits per heavy atom. The molecule has 0 aliphatic rings. The van der Waals surface area contributed by atoms with Crippen LogP contribution in [-0.4, -0.2) is 35.0 Å². The summed E-state index contributed by atoms with van der Waals surface area (Å²) in [6.07, 6.45) is 2.71. The Labute approximate surface area is 121 Å². The number of nitriles is 1. The van der Waals surface area contributed by atoms with Crippen molar-refractivity contribution < 1.29 is 9.53 Å². The van der Waals surface area contributed by atoms with Crippen molar-refractivity contribution in [2.75, 3.05) is 19.4 Å². The maximum absolute atomic E-state index is 11.5. The molecule has 0 atom stereocenters. The summed E-state index contributed by atoms with van der Waals surface area (Å²) >= 11 is 0. The van der Waals surface area contributed by atoms with Crippen molar-refractivity contribution in [1.29, 1.82) is 5.26 Å². The molecule has 106 valence electrons. The van der Waals surface area contributed by atoms with Crippen LogP contribution in [0.1, 0.15) is 5.69 Å². The SMILES string of the molecule is CN(C)C(=O)Nc1ccc(Oc2cncnc2C#N)cc1. The molecule has 0 aliphatic heterocycles. The van der Waals surface area contributed by atoms with Crippen molar-refractivity contribution in [3.05, 3.63) is 42.5 Å². The highest BCUT2D eigenvalue weighted by molar-refractivity contribution is 5.88. The molecule has 0 aliphatic carbocycles. The molecule has 0 spiro atoms. The Balaban J connectivity index is 2.09. The van der Waals surface area contributed by atoms with Crippen molar-refractivity contribution in [3.8, 4) is 17.6 Å². The van der Waals surface area contributed by atoms with Crippen molar-refractivity contribution >= 4 is 11.7 Å². The summed E-state index contributed by atoms with van der Waals surface area (Å²) < 4.78 is 5.54. The van der Waals surface area contributed by atoms with E-state index in [4.69, 9.17) is 10.00 Å². The van der Waals surface area contributed by atoms with Crippen molar-refractivity contribution in [1.82, 2.24) is 14.9 Å². The van der Waals surface area contributed by atoms with Crippen LogP contribution in [0.5, 0.6) is 11.5 Å². The second-order valence-corrected chi connectivity index (χ2v) is 4.30. The van der Waals surface area contributed by atoms with Gasteiger partial charge >= 0.3 is 6.03 Å². The molecule has 0 saturated carbocycles. The standard InChI is InChI=1S/C14H13N5O2/c1-19(2)14(20)18-10-3-5-11(6-4-10)21-13-8-16-9-17-12(13)7-15/h3-6,8-9H,1-2H3,(H,18,20). The number of benzene rings is 1. The second kappa shape index (κ2) is 6.34. The zero-order chi connectivity index (χ0) is 15.2. The molecule has 2 rings (SSSR count). The molecule has 0 unspecified atom stereocenters. The van der Waals surface area contributed by atoms with Crippen LogP contribution < -0.4 is 10.1 Å². The number of carbonyl (C=O) groups excluding carboxylic acids is 1. The first-order valence-corrected chi connectivity index (χ1v) is 6.06. The van der Waals surface area contributed by atoms with Gasteiger partial charge in [-0.05, 0) is 24.3 Å². The molecular formula is C14H13N5O2. The fraction of sp³-hybridized carbons (Fsp3) is 0.143. The number of carbonyl (C=O) groups is 1. The number of ether oxygens (including phenoxy) is 1. The quantitative estimate of drug-likeness (QED) is 0.932. The van der Waals surface area contributed by atoms with E-state index in [0.29, 0.717) is 11.4 Å². The molecule has 0 saturated heterocycles. The molecule has 2 aromatic rings. The third-order valence-electron chi connectivity index (χ3n) is 2.52. The van der Waals surface area contributed by atoms with Crippen LogP contribution in [0.4, 0.5) is 10.5 Å². The van der Waals surface area contributed by atoms with E-state index in [1.165, 1.54) is 17.4 Å². The Morgan fingerprint density at radius 1 is 1.33 bits per heavy atom. The lowest BCUT2D eigenvalue weighted by Gasteiger charge is -2.12. The summed E-state index contributed by atoms with van der Waals surface area (Å²) in [6, 6.07) is 8.47. The Hall–Kier alpha value is -3.14. The molecule has 1 aromatic heterocycles. The van der Waals surface area contributed by atoms with Gasteiger partial charge in [0.05, 0.1) is 6.20 Å². The van der Waals surface area contributed by atoms with Gasteiger partial charge in [0.25, 0.3) is 0 Å². The van der Waals surface area contributed by atoms with Crippen LogP contribution in [0.25, 0.3) is 0 Å². The fourth-order valence-corrected chi connectivity index (χ4v) is 1.44.